The van der Waals surface area contributed by atoms with Gasteiger partial charge in [-0.3, -0.25) is 14.4 Å². The van der Waals surface area contributed by atoms with Gasteiger partial charge in [-0.15, -0.1) is 0 Å². The fourth-order valence-electron chi connectivity index (χ4n) is 3.13. The summed E-state index contributed by atoms with van der Waals surface area (Å²) in [6.07, 6.45) is 2.03. The van der Waals surface area contributed by atoms with Crippen molar-refractivity contribution in [2.24, 2.45) is 18.9 Å². The standard InChI is InChI=1S/C15H24N4O2/c1-10-5-13(18(2)17-10)7-19-6-12(9-20)14(8-19)16-15(21)11-3-4-11/h5,11-12,14,20H,3-4,6-9H2,1-2H3,(H,16,21)/t12-,14+/m0/s1. The Balaban J connectivity index is 1.60. The smallest absolute Gasteiger partial charge is 0.223 e. The first-order chi connectivity index (χ1) is 10.1. The summed E-state index contributed by atoms with van der Waals surface area (Å²) in [6.45, 7) is 4.53. The van der Waals surface area contributed by atoms with Gasteiger partial charge in [0.2, 0.25) is 5.91 Å². The second-order valence-corrected chi connectivity index (χ2v) is 6.43. The van der Waals surface area contributed by atoms with Gasteiger partial charge >= 0.3 is 0 Å². The molecule has 2 fully saturated rings. The maximum absolute atomic E-state index is 11.9. The predicted octanol–water partition coefficient (Wildman–Crippen LogP) is 0.0474. The molecule has 6 nitrogen and oxygen atoms in total. The molecule has 1 saturated heterocycles. The quantitative estimate of drug-likeness (QED) is 0.804. The molecule has 2 heterocycles. The third-order valence-electron chi connectivity index (χ3n) is 4.51. The lowest BCUT2D eigenvalue weighted by Crippen LogP contribution is -2.42. The minimum absolute atomic E-state index is 0.0671. The second kappa shape index (κ2) is 5.77. The number of likely N-dealkylation sites (tertiary alicyclic amines) is 1. The van der Waals surface area contributed by atoms with Crippen LogP contribution in [0.2, 0.25) is 0 Å². The summed E-state index contributed by atoms with van der Waals surface area (Å²) in [4.78, 5) is 14.2. The van der Waals surface area contributed by atoms with E-state index < -0.39 is 0 Å². The van der Waals surface area contributed by atoms with Gasteiger partial charge in [0.05, 0.1) is 11.4 Å². The van der Waals surface area contributed by atoms with Crippen molar-refractivity contribution < 1.29 is 9.90 Å². The molecule has 0 aromatic carbocycles. The molecule has 0 spiro atoms. The van der Waals surface area contributed by atoms with Crippen molar-refractivity contribution in [3.63, 3.8) is 0 Å². The molecule has 1 amide bonds. The first-order valence-corrected chi connectivity index (χ1v) is 7.70. The monoisotopic (exact) mass is 292 g/mol. The molecule has 6 heteroatoms. The van der Waals surface area contributed by atoms with E-state index in [1.165, 1.54) is 5.69 Å². The number of carbonyl (C=O) groups excluding carboxylic acids is 1. The summed E-state index contributed by atoms with van der Waals surface area (Å²) < 4.78 is 1.90. The van der Waals surface area contributed by atoms with Gasteiger partial charge < -0.3 is 10.4 Å². The number of carbonyl (C=O) groups is 1. The molecule has 0 radical (unpaired) electrons. The van der Waals surface area contributed by atoms with E-state index >= 15 is 0 Å². The van der Waals surface area contributed by atoms with E-state index in [0.717, 1.165) is 38.2 Å². The maximum atomic E-state index is 11.9. The van der Waals surface area contributed by atoms with E-state index in [1.807, 2.05) is 18.7 Å². The van der Waals surface area contributed by atoms with Crippen LogP contribution in [-0.2, 0) is 18.4 Å². The number of amides is 1. The summed E-state index contributed by atoms with van der Waals surface area (Å²) in [7, 11) is 1.95. The molecule has 0 bridgehead atoms. The Morgan fingerprint density at radius 3 is 2.81 bits per heavy atom. The van der Waals surface area contributed by atoms with Crippen LogP contribution in [0.25, 0.3) is 0 Å². The third-order valence-corrected chi connectivity index (χ3v) is 4.51. The van der Waals surface area contributed by atoms with E-state index in [4.69, 9.17) is 0 Å². The Kier molecular flexibility index (Phi) is 3.99. The molecule has 0 unspecified atom stereocenters. The molecular formula is C15H24N4O2. The van der Waals surface area contributed by atoms with Crippen LogP contribution >= 0.6 is 0 Å². The lowest BCUT2D eigenvalue weighted by atomic mass is 10.1. The molecule has 1 aliphatic heterocycles. The highest BCUT2D eigenvalue weighted by molar-refractivity contribution is 5.81. The summed E-state index contributed by atoms with van der Waals surface area (Å²) in [5.74, 6) is 0.511. The van der Waals surface area contributed by atoms with Crippen LogP contribution < -0.4 is 5.32 Å². The lowest BCUT2D eigenvalue weighted by Gasteiger charge is -2.18. The van der Waals surface area contributed by atoms with Crippen LogP contribution in [-0.4, -0.2) is 51.4 Å². The largest absolute Gasteiger partial charge is 0.396 e. The van der Waals surface area contributed by atoms with Crippen molar-refractivity contribution in [2.75, 3.05) is 19.7 Å². The minimum atomic E-state index is 0.0671. The number of aliphatic hydroxyl groups is 1. The fraction of sp³-hybridized carbons (Fsp3) is 0.733. The number of hydrogen-bond donors (Lipinski definition) is 2. The zero-order chi connectivity index (χ0) is 15.0. The highest BCUT2D eigenvalue weighted by atomic mass is 16.3. The van der Waals surface area contributed by atoms with Gasteiger partial charge in [-0.05, 0) is 25.8 Å². The normalized spacial score (nSPS) is 26.2. The van der Waals surface area contributed by atoms with Crippen molar-refractivity contribution >= 4 is 5.91 Å². The average molecular weight is 292 g/mol. The molecule has 2 aliphatic rings. The van der Waals surface area contributed by atoms with Crippen LogP contribution in [0.15, 0.2) is 6.07 Å². The van der Waals surface area contributed by atoms with Crippen molar-refractivity contribution in [3.8, 4) is 0 Å². The highest BCUT2D eigenvalue weighted by Crippen LogP contribution is 2.30. The van der Waals surface area contributed by atoms with Gasteiger partial charge in [0, 0.05) is 51.2 Å². The average Bonchev–Trinajstić information content (AvgIpc) is 3.15. The number of nitrogens with zero attached hydrogens (tertiary/aromatic N) is 3. The summed E-state index contributed by atoms with van der Waals surface area (Å²) in [6, 6.07) is 2.15. The summed E-state index contributed by atoms with van der Waals surface area (Å²) >= 11 is 0. The van der Waals surface area contributed by atoms with Crippen molar-refractivity contribution in [2.45, 2.75) is 32.4 Å². The summed E-state index contributed by atoms with van der Waals surface area (Å²) in [5, 5.41) is 17.0. The number of rotatable bonds is 5. The van der Waals surface area contributed by atoms with Crippen molar-refractivity contribution in [3.05, 3.63) is 17.5 Å². The first-order valence-electron chi connectivity index (χ1n) is 7.70. The number of nitrogens with one attached hydrogen (secondary N) is 1. The highest BCUT2D eigenvalue weighted by Gasteiger charge is 2.37. The van der Waals surface area contributed by atoms with E-state index in [-0.39, 0.29) is 30.4 Å². The molecule has 3 rings (SSSR count). The number of aryl methyl sites for hydroxylation is 2. The molecule has 1 saturated carbocycles. The SMILES string of the molecule is Cc1cc(CN2C[C@@H](CO)[C@H](NC(=O)C3CC3)C2)n(C)n1. The van der Waals surface area contributed by atoms with Crippen LogP contribution in [0.1, 0.15) is 24.2 Å². The van der Waals surface area contributed by atoms with Crippen molar-refractivity contribution in [1.82, 2.24) is 20.0 Å². The Bertz CT molecular complexity index is 524. The molecule has 116 valence electrons. The number of hydrogen-bond acceptors (Lipinski definition) is 4. The van der Waals surface area contributed by atoms with E-state index in [9.17, 15) is 9.90 Å². The Hall–Kier alpha value is -1.40. The molecule has 2 atom stereocenters. The molecular weight excluding hydrogens is 268 g/mol. The first kappa shape index (κ1) is 14.5. The maximum Gasteiger partial charge on any atom is 0.223 e. The third kappa shape index (κ3) is 3.27. The molecule has 1 aliphatic carbocycles. The Morgan fingerprint density at radius 2 is 2.24 bits per heavy atom. The van der Waals surface area contributed by atoms with Crippen LogP contribution in [0.5, 0.6) is 0 Å². The van der Waals surface area contributed by atoms with E-state index in [0.29, 0.717) is 0 Å². The van der Waals surface area contributed by atoms with Crippen molar-refractivity contribution in [1.29, 1.82) is 0 Å². The predicted molar refractivity (Wildman–Crippen MR) is 78.5 cm³/mol. The van der Waals surface area contributed by atoms with Gasteiger partial charge in [-0.1, -0.05) is 0 Å². The van der Waals surface area contributed by atoms with Crippen LogP contribution in [0.4, 0.5) is 0 Å². The Morgan fingerprint density at radius 1 is 1.48 bits per heavy atom. The zero-order valence-electron chi connectivity index (χ0n) is 12.7. The topological polar surface area (TPSA) is 70.4 Å². The van der Waals surface area contributed by atoms with Crippen LogP contribution in [0.3, 0.4) is 0 Å². The minimum Gasteiger partial charge on any atom is -0.396 e. The van der Waals surface area contributed by atoms with Gasteiger partial charge in [0.15, 0.2) is 0 Å². The molecule has 2 N–H and O–H groups in total. The fourth-order valence-corrected chi connectivity index (χ4v) is 3.13. The number of aliphatic hydroxyl groups excluding tert-OH is 1. The molecule has 1 aromatic rings. The van der Waals surface area contributed by atoms with E-state index in [1.54, 1.807) is 0 Å². The van der Waals surface area contributed by atoms with Gasteiger partial charge in [0.25, 0.3) is 0 Å². The Labute approximate surface area is 125 Å². The van der Waals surface area contributed by atoms with Gasteiger partial charge in [0.1, 0.15) is 0 Å². The zero-order valence-corrected chi connectivity index (χ0v) is 12.7. The van der Waals surface area contributed by atoms with Gasteiger partial charge in [-0.2, -0.15) is 5.10 Å². The van der Waals surface area contributed by atoms with Gasteiger partial charge in [-0.25, -0.2) is 0 Å². The molecule has 1 aromatic heterocycles. The summed E-state index contributed by atoms with van der Waals surface area (Å²) in [5.41, 5.74) is 2.18. The van der Waals surface area contributed by atoms with Crippen LogP contribution in [0, 0.1) is 18.8 Å². The molecule has 21 heavy (non-hydrogen) atoms. The number of aromatic nitrogens is 2. The van der Waals surface area contributed by atoms with E-state index in [2.05, 4.69) is 21.4 Å². The second-order valence-electron chi connectivity index (χ2n) is 6.43. The lowest BCUT2D eigenvalue weighted by molar-refractivity contribution is -0.123.